The molecule has 3 fully saturated rings. The first-order chi connectivity index (χ1) is 13.7. The van der Waals surface area contributed by atoms with Crippen molar-refractivity contribution >= 4 is 5.78 Å². The zero-order chi connectivity index (χ0) is 21.0. The van der Waals surface area contributed by atoms with Crippen LogP contribution in [0.15, 0.2) is 23.8 Å². The molecule has 0 heterocycles. The molecule has 0 aliphatic heterocycles. The van der Waals surface area contributed by atoms with Gasteiger partial charge in [-0.1, -0.05) is 52.3 Å². The lowest BCUT2D eigenvalue weighted by atomic mass is 9.47. The Hall–Kier alpha value is -0.890. The highest BCUT2D eigenvalue weighted by molar-refractivity contribution is 5.91. The molecule has 1 N–H and O–H groups in total. The van der Waals surface area contributed by atoms with Crippen LogP contribution in [0.5, 0.6) is 0 Å². The summed E-state index contributed by atoms with van der Waals surface area (Å²) in [6, 6.07) is 0. The summed E-state index contributed by atoms with van der Waals surface area (Å²) >= 11 is 0. The molecular weight excluding hydrogens is 356 g/mol. The van der Waals surface area contributed by atoms with Gasteiger partial charge in [0, 0.05) is 5.92 Å². The molecule has 4 aliphatic rings. The SMILES string of the molecule is CC(C)C(=O)/C=C/[C@@H](C)[C@H]1CC[C@H]2[C@@H]3CC=C4C[C@H](O)CC[C@]4(C)[C@H]3CC[C@]12C. The highest BCUT2D eigenvalue weighted by Gasteiger charge is 2.58. The van der Waals surface area contributed by atoms with Crippen LogP contribution in [-0.4, -0.2) is 17.0 Å². The van der Waals surface area contributed by atoms with E-state index in [4.69, 9.17) is 0 Å². The van der Waals surface area contributed by atoms with E-state index in [9.17, 15) is 9.90 Å². The zero-order valence-corrected chi connectivity index (χ0v) is 19.3. The minimum atomic E-state index is -0.114. The van der Waals surface area contributed by atoms with E-state index < -0.39 is 0 Å². The number of aliphatic hydroxyl groups is 1. The second-order valence-corrected chi connectivity index (χ2v) is 11.7. The van der Waals surface area contributed by atoms with E-state index in [0.29, 0.717) is 22.7 Å². The van der Waals surface area contributed by atoms with Gasteiger partial charge in [0.15, 0.2) is 5.78 Å². The second-order valence-electron chi connectivity index (χ2n) is 11.7. The van der Waals surface area contributed by atoms with Crippen molar-refractivity contribution in [2.75, 3.05) is 0 Å². The summed E-state index contributed by atoms with van der Waals surface area (Å²) in [5.74, 6) is 3.99. The molecule has 0 aromatic heterocycles. The van der Waals surface area contributed by atoms with E-state index in [1.807, 2.05) is 19.9 Å². The van der Waals surface area contributed by atoms with Crippen molar-refractivity contribution in [1.82, 2.24) is 0 Å². The summed E-state index contributed by atoms with van der Waals surface area (Å²) in [7, 11) is 0. The molecule has 162 valence electrons. The summed E-state index contributed by atoms with van der Waals surface area (Å²) < 4.78 is 0. The van der Waals surface area contributed by atoms with Crippen molar-refractivity contribution in [3.8, 4) is 0 Å². The number of fused-ring (bicyclic) bond motifs is 5. The predicted molar refractivity (Wildman–Crippen MR) is 119 cm³/mol. The summed E-state index contributed by atoms with van der Waals surface area (Å²) in [5.41, 5.74) is 2.32. The first kappa shape index (κ1) is 21.3. The van der Waals surface area contributed by atoms with Crippen molar-refractivity contribution in [3.05, 3.63) is 23.8 Å². The minimum absolute atomic E-state index is 0.0961. The topological polar surface area (TPSA) is 37.3 Å². The molecule has 0 unspecified atom stereocenters. The molecule has 4 rings (SSSR count). The molecule has 0 spiro atoms. The van der Waals surface area contributed by atoms with Crippen LogP contribution in [0.2, 0.25) is 0 Å². The monoisotopic (exact) mass is 398 g/mol. The van der Waals surface area contributed by atoms with Crippen LogP contribution in [0.1, 0.15) is 86.0 Å². The lowest BCUT2D eigenvalue weighted by Crippen LogP contribution is -2.50. The largest absolute Gasteiger partial charge is 0.393 e. The Labute approximate surface area is 178 Å². The summed E-state index contributed by atoms with van der Waals surface area (Å²) in [4.78, 5) is 12.1. The summed E-state index contributed by atoms with van der Waals surface area (Å²) in [6.45, 7) is 11.4. The molecule has 0 aromatic carbocycles. The van der Waals surface area contributed by atoms with Gasteiger partial charge < -0.3 is 5.11 Å². The average Bonchev–Trinajstić information content (AvgIpc) is 3.03. The van der Waals surface area contributed by atoms with Crippen LogP contribution in [-0.2, 0) is 4.79 Å². The van der Waals surface area contributed by atoms with Gasteiger partial charge in [0.2, 0.25) is 0 Å². The molecule has 2 heteroatoms. The van der Waals surface area contributed by atoms with E-state index in [-0.39, 0.29) is 17.8 Å². The van der Waals surface area contributed by atoms with Crippen LogP contribution in [0, 0.1) is 46.3 Å². The average molecular weight is 399 g/mol. The number of hydrogen-bond acceptors (Lipinski definition) is 2. The third kappa shape index (κ3) is 3.48. The van der Waals surface area contributed by atoms with Crippen LogP contribution in [0.4, 0.5) is 0 Å². The lowest BCUT2D eigenvalue weighted by molar-refractivity contribution is -0.117. The summed E-state index contributed by atoms with van der Waals surface area (Å²) in [5, 5.41) is 10.2. The Kier molecular flexibility index (Phi) is 5.64. The van der Waals surface area contributed by atoms with Crippen molar-refractivity contribution in [3.63, 3.8) is 0 Å². The van der Waals surface area contributed by atoms with Gasteiger partial charge in [-0.3, -0.25) is 4.79 Å². The second kappa shape index (κ2) is 7.66. The molecule has 0 saturated heterocycles. The van der Waals surface area contributed by atoms with E-state index in [0.717, 1.165) is 30.6 Å². The molecule has 0 radical (unpaired) electrons. The summed E-state index contributed by atoms with van der Waals surface area (Å²) in [6.07, 6.45) is 16.2. The molecule has 4 aliphatic carbocycles. The van der Waals surface area contributed by atoms with Crippen LogP contribution < -0.4 is 0 Å². The predicted octanol–water partition coefficient (Wildman–Crippen LogP) is 6.34. The number of carbonyl (C=O) groups is 1. The first-order valence-electron chi connectivity index (χ1n) is 12.3. The number of allylic oxidation sites excluding steroid dienone is 3. The Bertz CT molecular complexity index is 703. The van der Waals surface area contributed by atoms with Crippen LogP contribution >= 0.6 is 0 Å². The van der Waals surface area contributed by atoms with Gasteiger partial charge in [-0.15, -0.1) is 0 Å². The van der Waals surface area contributed by atoms with Gasteiger partial charge in [0.05, 0.1) is 6.10 Å². The maximum Gasteiger partial charge on any atom is 0.157 e. The number of hydrogen-bond donors (Lipinski definition) is 1. The van der Waals surface area contributed by atoms with Gasteiger partial charge in [-0.05, 0) is 97.9 Å². The first-order valence-corrected chi connectivity index (χ1v) is 12.3. The van der Waals surface area contributed by atoms with E-state index in [1.54, 1.807) is 5.57 Å². The Balaban J connectivity index is 1.54. The highest BCUT2D eigenvalue weighted by atomic mass is 16.3. The van der Waals surface area contributed by atoms with Crippen molar-refractivity contribution in [2.24, 2.45) is 46.3 Å². The standard InChI is InChI=1S/C27H42O2/c1-17(2)25(29)11-6-18(3)22-9-10-23-21-8-7-19-16-20(28)12-14-26(19,4)24(21)13-15-27(22,23)5/h6-7,11,17-18,20-24,28H,8-10,12-16H2,1-5H3/b11-6+/t18-,20-,21+,22-,23+,24+,26+,27-/m1/s1. The lowest BCUT2D eigenvalue weighted by Gasteiger charge is -2.58. The smallest absolute Gasteiger partial charge is 0.157 e. The fourth-order valence-electron chi connectivity index (χ4n) is 8.12. The fraction of sp³-hybridized carbons (Fsp3) is 0.815. The highest BCUT2D eigenvalue weighted by Crippen LogP contribution is 2.67. The third-order valence-electron chi connectivity index (χ3n) is 9.92. The van der Waals surface area contributed by atoms with Gasteiger partial charge in [-0.2, -0.15) is 0 Å². The van der Waals surface area contributed by atoms with Crippen molar-refractivity contribution in [2.45, 2.75) is 92.1 Å². The van der Waals surface area contributed by atoms with Crippen molar-refractivity contribution < 1.29 is 9.90 Å². The van der Waals surface area contributed by atoms with Crippen molar-refractivity contribution in [1.29, 1.82) is 0 Å². The van der Waals surface area contributed by atoms with E-state index in [2.05, 4.69) is 32.9 Å². The van der Waals surface area contributed by atoms with Gasteiger partial charge in [-0.25, -0.2) is 0 Å². The molecule has 2 nitrogen and oxygen atoms in total. The Morgan fingerprint density at radius 3 is 2.59 bits per heavy atom. The minimum Gasteiger partial charge on any atom is -0.393 e. The molecular formula is C27H42O2. The Morgan fingerprint density at radius 1 is 1.10 bits per heavy atom. The molecule has 29 heavy (non-hydrogen) atoms. The third-order valence-corrected chi connectivity index (χ3v) is 9.92. The van der Waals surface area contributed by atoms with Gasteiger partial charge in [0.1, 0.15) is 0 Å². The van der Waals surface area contributed by atoms with E-state index in [1.165, 1.54) is 38.5 Å². The number of carbonyl (C=O) groups excluding carboxylic acids is 1. The number of aliphatic hydroxyl groups excluding tert-OH is 1. The Morgan fingerprint density at radius 2 is 1.86 bits per heavy atom. The molecule has 0 bridgehead atoms. The maximum absolute atomic E-state index is 12.1. The van der Waals surface area contributed by atoms with Gasteiger partial charge >= 0.3 is 0 Å². The molecule has 0 amide bonds. The zero-order valence-electron chi connectivity index (χ0n) is 19.3. The molecule has 8 atom stereocenters. The number of ketones is 1. The maximum atomic E-state index is 12.1. The fourth-order valence-corrected chi connectivity index (χ4v) is 8.12. The molecule has 3 saturated carbocycles. The van der Waals surface area contributed by atoms with Gasteiger partial charge in [0.25, 0.3) is 0 Å². The van der Waals surface area contributed by atoms with E-state index >= 15 is 0 Å². The normalized spacial score (nSPS) is 45.5. The van der Waals surface area contributed by atoms with Crippen LogP contribution in [0.3, 0.4) is 0 Å². The quantitative estimate of drug-likeness (QED) is 0.443. The van der Waals surface area contributed by atoms with Crippen LogP contribution in [0.25, 0.3) is 0 Å². The number of rotatable bonds is 4. The molecule has 0 aromatic rings.